The molecule has 4 aromatic rings. The number of aromatic nitrogens is 2. The van der Waals surface area contributed by atoms with Crippen molar-refractivity contribution < 1.29 is 14.6 Å². The van der Waals surface area contributed by atoms with E-state index in [1.54, 1.807) is 25.3 Å². The number of hydrogen-bond acceptors (Lipinski definition) is 4. The Bertz CT molecular complexity index is 1100. The van der Waals surface area contributed by atoms with Gasteiger partial charge in [-0.2, -0.15) is 0 Å². The maximum absolute atomic E-state index is 11.7. The summed E-state index contributed by atoms with van der Waals surface area (Å²) < 4.78 is 5.19. The molecule has 1 aromatic heterocycles. The summed E-state index contributed by atoms with van der Waals surface area (Å²) in [5.41, 5.74) is 5.18. The number of nitrogens with zero attached hydrogens (tertiary/aromatic N) is 1. The fourth-order valence-electron chi connectivity index (χ4n) is 3.02. The lowest BCUT2D eigenvalue weighted by Crippen LogP contribution is -2.03. The van der Waals surface area contributed by atoms with E-state index in [4.69, 9.17) is 9.84 Å². The third-order valence-electron chi connectivity index (χ3n) is 4.53. The summed E-state index contributed by atoms with van der Waals surface area (Å²) in [6.07, 6.45) is 0. The molecule has 1 heterocycles. The molecule has 0 atom stereocenters. The zero-order valence-electron chi connectivity index (χ0n) is 14.8. The maximum Gasteiger partial charge on any atom is 0.188 e. The van der Waals surface area contributed by atoms with Gasteiger partial charge in [0.1, 0.15) is 18.2 Å². The minimum absolute atomic E-state index is 0.308. The second kappa shape index (κ2) is 7.05. The lowest BCUT2D eigenvalue weighted by atomic mass is 10.0. The van der Waals surface area contributed by atoms with Gasteiger partial charge in [-0.15, -0.1) is 0 Å². The van der Waals surface area contributed by atoms with Crippen molar-refractivity contribution >= 4 is 16.8 Å². The highest BCUT2D eigenvalue weighted by Gasteiger charge is 2.09. The first-order valence-electron chi connectivity index (χ1n) is 8.56. The van der Waals surface area contributed by atoms with Gasteiger partial charge in [0.15, 0.2) is 5.78 Å². The minimum atomic E-state index is -0.501. The van der Waals surface area contributed by atoms with Crippen LogP contribution in [0.25, 0.3) is 33.5 Å². The zero-order valence-corrected chi connectivity index (χ0v) is 14.8. The van der Waals surface area contributed by atoms with Gasteiger partial charge >= 0.3 is 0 Å². The molecule has 0 unspecified atom stereocenters. The van der Waals surface area contributed by atoms with Gasteiger partial charge in [-0.25, -0.2) is 4.98 Å². The first kappa shape index (κ1) is 17.0. The number of aromatic amines is 1. The van der Waals surface area contributed by atoms with Crippen molar-refractivity contribution in [3.63, 3.8) is 0 Å². The van der Waals surface area contributed by atoms with Crippen LogP contribution in [0.5, 0.6) is 5.75 Å². The Morgan fingerprint density at radius 1 is 0.963 bits per heavy atom. The van der Waals surface area contributed by atoms with Gasteiger partial charge in [-0.3, -0.25) is 4.79 Å². The maximum atomic E-state index is 11.7. The summed E-state index contributed by atoms with van der Waals surface area (Å²) in [6, 6.07) is 21.2. The number of fused-ring (bicyclic) bond motifs is 1. The Kier molecular flexibility index (Phi) is 4.44. The molecular weight excluding hydrogens is 340 g/mol. The summed E-state index contributed by atoms with van der Waals surface area (Å²) in [6.45, 7) is -0.501. The van der Waals surface area contributed by atoms with Crippen LogP contribution in [-0.4, -0.2) is 34.6 Å². The number of ketones is 1. The van der Waals surface area contributed by atoms with Crippen LogP contribution in [0.15, 0.2) is 66.7 Å². The van der Waals surface area contributed by atoms with Crippen molar-refractivity contribution in [2.24, 2.45) is 0 Å². The molecule has 0 aliphatic carbocycles. The third kappa shape index (κ3) is 3.32. The first-order valence-corrected chi connectivity index (χ1v) is 8.56. The molecule has 0 saturated carbocycles. The fourth-order valence-corrected chi connectivity index (χ4v) is 3.02. The van der Waals surface area contributed by atoms with E-state index in [-0.39, 0.29) is 5.78 Å². The number of aliphatic hydroxyl groups is 1. The second-order valence-electron chi connectivity index (χ2n) is 6.20. The highest BCUT2D eigenvalue weighted by molar-refractivity contribution is 5.99. The molecule has 2 N–H and O–H groups in total. The number of benzene rings is 3. The molecule has 0 amide bonds. The summed E-state index contributed by atoms with van der Waals surface area (Å²) in [7, 11) is 1.65. The second-order valence-corrected chi connectivity index (χ2v) is 6.20. The third-order valence-corrected chi connectivity index (χ3v) is 4.53. The van der Waals surface area contributed by atoms with Crippen molar-refractivity contribution in [3.8, 4) is 28.3 Å². The summed E-state index contributed by atoms with van der Waals surface area (Å²) in [5.74, 6) is 1.26. The van der Waals surface area contributed by atoms with E-state index in [0.717, 1.165) is 39.3 Å². The normalized spacial score (nSPS) is 10.9. The first-order chi connectivity index (χ1) is 13.2. The number of H-pyrrole nitrogens is 1. The van der Waals surface area contributed by atoms with Crippen molar-refractivity contribution in [1.82, 2.24) is 9.97 Å². The molecule has 0 radical (unpaired) electrons. The lowest BCUT2D eigenvalue weighted by molar-refractivity contribution is 0.0904. The van der Waals surface area contributed by atoms with Crippen LogP contribution >= 0.6 is 0 Å². The van der Waals surface area contributed by atoms with Crippen LogP contribution in [-0.2, 0) is 0 Å². The monoisotopic (exact) mass is 358 g/mol. The van der Waals surface area contributed by atoms with Crippen LogP contribution in [0.2, 0.25) is 0 Å². The van der Waals surface area contributed by atoms with Crippen LogP contribution in [0.3, 0.4) is 0 Å². The van der Waals surface area contributed by atoms with Crippen molar-refractivity contribution in [2.45, 2.75) is 0 Å². The van der Waals surface area contributed by atoms with Gasteiger partial charge in [0.25, 0.3) is 0 Å². The van der Waals surface area contributed by atoms with E-state index in [1.165, 1.54) is 0 Å². The molecule has 3 aromatic carbocycles. The predicted molar refractivity (Wildman–Crippen MR) is 105 cm³/mol. The van der Waals surface area contributed by atoms with Gasteiger partial charge in [0.05, 0.1) is 18.1 Å². The Hall–Kier alpha value is -3.44. The molecule has 0 fully saturated rings. The molecule has 5 heteroatoms. The summed E-state index contributed by atoms with van der Waals surface area (Å²) in [4.78, 5) is 19.5. The molecule has 0 aliphatic heterocycles. The Morgan fingerprint density at radius 3 is 2.22 bits per heavy atom. The van der Waals surface area contributed by atoms with Crippen molar-refractivity contribution in [3.05, 3.63) is 72.3 Å². The van der Waals surface area contributed by atoms with E-state index in [9.17, 15) is 4.79 Å². The largest absolute Gasteiger partial charge is 0.497 e. The van der Waals surface area contributed by atoms with Crippen LogP contribution in [0.1, 0.15) is 10.4 Å². The standard InChI is InChI=1S/C22H18N2O3/c1-27-18-9-6-15(7-10-18)14-2-4-16(5-3-14)22-23-19-11-8-17(21(26)13-25)12-20(19)24-22/h2-12,25H,13H2,1H3,(H,23,24). The quantitative estimate of drug-likeness (QED) is 0.527. The number of methoxy groups -OCH3 is 1. The van der Waals surface area contributed by atoms with Crippen molar-refractivity contribution in [2.75, 3.05) is 13.7 Å². The van der Waals surface area contributed by atoms with Crippen LogP contribution < -0.4 is 4.74 Å². The van der Waals surface area contributed by atoms with Gasteiger partial charge in [0, 0.05) is 11.1 Å². The molecule has 5 nitrogen and oxygen atoms in total. The molecule has 134 valence electrons. The lowest BCUT2D eigenvalue weighted by Gasteiger charge is -2.05. The Balaban J connectivity index is 1.63. The number of carbonyl (C=O) groups is 1. The number of aliphatic hydroxyl groups excluding tert-OH is 1. The molecule has 27 heavy (non-hydrogen) atoms. The molecular formula is C22H18N2O3. The number of Topliss-reactive ketones (excluding diaryl/α,β-unsaturated/α-hetero) is 1. The molecule has 0 spiro atoms. The number of imidazole rings is 1. The van der Waals surface area contributed by atoms with Crippen molar-refractivity contribution in [1.29, 1.82) is 0 Å². The van der Waals surface area contributed by atoms with Gasteiger partial charge < -0.3 is 14.8 Å². The summed E-state index contributed by atoms with van der Waals surface area (Å²) >= 11 is 0. The highest BCUT2D eigenvalue weighted by atomic mass is 16.5. The number of carbonyl (C=O) groups excluding carboxylic acids is 1. The van der Waals surface area contributed by atoms with E-state index >= 15 is 0 Å². The number of rotatable bonds is 5. The van der Waals surface area contributed by atoms with E-state index in [0.29, 0.717) is 5.56 Å². The average molecular weight is 358 g/mol. The van der Waals surface area contributed by atoms with Gasteiger partial charge in [0.2, 0.25) is 0 Å². The smallest absolute Gasteiger partial charge is 0.188 e. The minimum Gasteiger partial charge on any atom is -0.497 e. The van der Waals surface area contributed by atoms with Crippen LogP contribution in [0, 0.1) is 0 Å². The number of ether oxygens (including phenoxy) is 1. The average Bonchev–Trinajstić information content (AvgIpc) is 3.16. The Labute approximate surface area is 156 Å². The summed E-state index contributed by atoms with van der Waals surface area (Å²) in [5, 5.41) is 9.01. The van der Waals surface area contributed by atoms with E-state index < -0.39 is 6.61 Å². The Morgan fingerprint density at radius 2 is 1.59 bits per heavy atom. The zero-order chi connectivity index (χ0) is 18.8. The van der Waals surface area contributed by atoms with E-state index in [2.05, 4.69) is 9.97 Å². The molecule has 0 saturated heterocycles. The number of hydrogen-bond donors (Lipinski definition) is 2. The van der Waals surface area contributed by atoms with Gasteiger partial charge in [-0.05, 0) is 41.5 Å². The highest BCUT2D eigenvalue weighted by Crippen LogP contribution is 2.26. The molecule has 0 bridgehead atoms. The van der Waals surface area contributed by atoms with E-state index in [1.807, 2.05) is 48.5 Å². The molecule has 0 aliphatic rings. The predicted octanol–water partition coefficient (Wildman–Crippen LogP) is 4.08. The van der Waals surface area contributed by atoms with Gasteiger partial charge in [-0.1, -0.05) is 36.4 Å². The topological polar surface area (TPSA) is 75.2 Å². The molecule has 4 rings (SSSR count). The van der Waals surface area contributed by atoms with Crippen LogP contribution in [0.4, 0.5) is 0 Å². The fraction of sp³-hybridized carbons (Fsp3) is 0.0909. The number of nitrogens with one attached hydrogen (secondary N) is 1. The SMILES string of the molecule is COc1ccc(-c2ccc(-c3nc4ccc(C(=O)CO)cc4[nH]3)cc2)cc1.